The second kappa shape index (κ2) is 6.77. The first-order chi connectivity index (χ1) is 8.00. The number of benzene rings is 1. The van der Waals surface area contributed by atoms with Crippen molar-refractivity contribution in [1.82, 2.24) is 4.90 Å². The van der Waals surface area contributed by atoms with E-state index in [9.17, 15) is 0 Å². The summed E-state index contributed by atoms with van der Waals surface area (Å²) in [4.78, 5) is 2.46. The van der Waals surface area contributed by atoms with Gasteiger partial charge >= 0.3 is 0 Å². The molecule has 0 bridgehead atoms. The van der Waals surface area contributed by atoms with E-state index >= 15 is 0 Å². The van der Waals surface area contributed by atoms with Crippen LogP contribution < -0.4 is 5.73 Å². The molecule has 0 saturated carbocycles. The molecular weight excluding hydrogens is 208 g/mol. The number of nitrogens with two attached hydrogens (primary N) is 1. The molecule has 96 valence electrons. The summed E-state index contributed by atoms with van der Waals surface area (Å²) in [5.41, 5.74) is 7.49. The molecule has 17 heavy (non-hydrogen) atoms. The Hall–Kier alpha value is -0.860. The largest absolute Gasteiger partial charge is 0.323 e. The molecule has 1 aromatic carbocycles. The lowest BCUT2D eigenvalue weighted by atomic mass is 10.1. The Balaban J connectivity index is 2.61. The lowest BCUT2D eigenvalue weighted by molar-refractivity contribution is 0.186. The van der Waals surface area contributed by atoms with Crippen LogP contribution in [0.15, 0.2) is 30.3 Å². The summed E-state index contributed by atoms with van der Waals surface area (Å²) in [6.45, 7) is 11.0. The van der Waals surface area contributed by atoms with Gasteiger partial charge in [-0.25, -0.2) is 0 Å². The van der Waals surface area contributed by atoms with Crippen molar-refractivity contribution in [2.75, 3.05) is 13.1 Å². The SMILES string of the molecule is CC(C)CN(CC(N)c1ccccc1)C(C)C. The van der Waals surface area contributed by atoms with Crippen LogP contribution in [-0.2, 0) is 0 Å². The van der Waals surface area contributed by atoms with Crippen LogP contribution in [0.3, 0.4) is 0 Å². The Bertz CT molecular complexity index is 306. The summed E-state index contributed by atoms with van der Waals surface area (Å²) >= 11 is 0. The van der Waals surface area contributed by atoms with Gasteiger partial charge in [-0.15, -0.1) is 0 Å². The molecule has 1 atom stereocenters. The quantitative estimate of drug-likeness (QED) is 0.819. The fourth-order valence-electron chi connectivity index (χ4n) is 2.02. The van der Waals surface area contributed by atoms with Gasteiger partial charge in [-0.05, 0) is 25.3 Å². The Morgan fingerprint density at radius 2 is 1.59 bits per heavy atom. The topological polar surface area (TPSA) is 29.3 Å². The van der Waals surface area contributed by atoms with Gasteiger partial charge in [-0.1, -0.05) is 44.2 Å². The first-order valence-corrected chi connectivity index (χ1v) is 6.55. The standard InChI is InChI=1S/C15H26N2/c1-12(2)10-17(13(3)4)11-15(16)14-8-6-5-7-9-14/h5-9,12-13,15H,10-11,16H2,1-4H3. The van der Waals surface area contributed by atoms with E-state index in [4.69, 9.17) is 5.73 Å². The summed E-state index contributed by atoms with van der Waals surface area (Å²) in [6, 6.07) is 11.0. The number of rotatable bonds is 6. The molecule has 0 amide bonds. The molecule has 0 spiro atoms. The molecule has 2 N–H and O–H groups in total. The van der Waals surface area contributed by atoms with Crippen molar-refractivity contribution < 1.29 is 0 Å². The molecule has 0 aliphatic rings. The molecule has 0 saturated heterocycles. The number of hydrogen-bond donors (Lipinski definition) is 1. The van der Waals surface area contributed by atoms with Crippen LogP contribution in [0.1, 0.15) is 39.3 Å². The maximum absolute atomic E-state index is 6.27. The highest BCUT2D eigenvalue weighted by Gasteiger charge is 2.15. The van der Waals surface area contributed by atoms with Gasteiger partial charge in [0.1, 0.15) is 0 Å². The Kier molecular flexibility index (Phi) is 5.66. The maximum Gasteiger partial charge on any atom is 0.0424 e. The molecule has 1 rings (SSSR count). The van der Waals surface area contributed by atoms with Crippen LogP contribution in [0.2, 0.25) is 0 Å². The first-order valence-electron chi connectivity index (χ1n) is 6.55. The van der Waals surface area contributed by atoms with Gasteiger partial charge in [0.2, 0.25) is 0 Å². The van der Waals surface area contributed by atoms with Crippen LogP contribution in [0, 0.1) is 5.92 Å². The van der Waals surface area contributed by atoms with Gasteiger partial charge in [0.05, 0.1) is 0 Å². The van der Waals surface area contributed by atoms with Crippen molar-refractivity contribution in [1.29, 1.82) is 0 Å². The second-order valence-electron chi connectivity index (χ2n) is 5.46. The zero-order chi connectivity index (χ0) is 12.8. The Labute approximate surface area is 106 Å². The van der Waals surface area contributed by atoms with E-state index in [1.165, 1.54) is 5.56 Å². The van der Waals surface area contributed by atoms with E-state index in [0.717, 1.165) is 13.1 Å². The van der Waals surface area contributed by atoms with Gasteiger partial charge in [0, 0.05) is 25.2 Å². The van der Waals surface area contributed by atoms with Crippen LogP contribution >= 0.6 is 0 Å². The fraction of sp³-hybridized carbons (Fsp3) is 0.600. The van der Waals surface area contributed by atoms with Crippen molar-refractivity contribution in [3.05, 3.63) is 35.9 Å². The van der Waals surface area contributed by atoms with E-state index in [1.807, 2.05) is 6.07 Å². The van der Waals surface area contributed by atoms with Crippen molar-refractivity contribution in [3.63, 3.8) is 0 Å². The molecule has 0 aliphatic heterocycles. The van der Waals surface area contributed by atoms with Crippen molar-refractivity contribution in [2.24, 2.45) is 11.7 Å². The predicted octanol–water partition coefficient (Wildman–Crippen LogP) is 3.05. The van der Waals surface area contributed by atoms with Crippen molar-refractivity contribution >= 4 is 0 Å². The van der Waals surface area contributed by atoms with E-state index in [2.05, 4.69) is 56.9 Å². The van der Waals surface area contributed by atoms with Crippen LogP contribution in [0.25, 0.3) is 0 Å². The molecule has 0 heterocycles. The predicted molar refractivity (Wildman–Crippen MR) is 74.9 cm³/mol. The molecule has 1 unspecified atom stereocenters. The van der Waals surface area contributed by atoms with Gasteiger partial charge in [-0.3, -0.25) is 4.90 Å². The van der Waals surface area contributed by atoms with Crippen LogP contribution in [0.5, 0.6) is 0 Å². The number of nitrogens with zero attached hydrogens (tertiary/aromatic N) is 1. The monoisotopic (exact) mass is 234 g/mol. The Morgan fingerprint density at radius 3 is 2.06 bits per heavy atom. The van der Waals surface area contributed by atoms with E-state index in [0.29, 0.717) is 12.0 Å². The summed E-state index contributed by atoms with van der Waals surface area (Å²) in [5.74, 6) is 0.681. The van der Waals surface area contributed by atoms with Crippen LogP contribution in [0.4, 0.5) is 0 Å². The van der Waals surface area contributed by atoms with E-state index in [-0.39, 0.29) is 6.04 Å². The van der Waals surface area contributed by atoms with Gasteiger partial charge in [0.15, 0.2) is 0 Å². The fourth-order valence-corrected chi connectivity index (χ4v) is 2.02. The summed E-state index contributed by atoms with van der Waals surface area (Å²) in [7, 11) is 0. The third-order valence-corrected chi connectivity index (χ3v) is 2.99. The molecule has 0 aliphatic carbocycles. The zero-order valence-electron chi connectivity index (χ0n) is 11.6. The lowest BCUT2D eigenvalue weighted by Crippen LogP contribution is -2.39. The Morgan fingerprint density at radius 1 is 1.00 bits per heavy atom. The minimum atomic E-state index is 0.109. The second-order valence-corrected chi connectivity index (χ2v) is 5.46. The molecule has 1 aromatic rings. The minimum Gasteiger partial charge on any atom is -0.323 e. The average molecular weight is 234 g/mol. The van der Waals surface area contributed by atoms with Gasteiger partial charge < -0.3 is 5.73 Å². The number of hydrogen-bond acceptors (Lipinski definition) is 2. The zero-order valence-corrected chi connectivity index (χ0v) is 11.6. The molecule has 0 radical (unpaired) electrons. The normalized spacial score (nSPS) is 13.6. The highest BCUT2D eigenvalue weighted by atomic mass is 15.2. The van der Waals surface area contributed by atoms with Crippen molar-refractivity contribution in [3.8, 4) is 0 Å². The first kappa shape index (κ1) is 14.2. The van der Waals surface area contributed by atoms with E-state index < -0.39 is 0 Å². The average Bonchev–Trinajstić information content (AvgIpc) is 2.28. The highest BCUT2D eigenvalue weighted by molar-refractivity contribution is 5.18. The van der Waals surface area contributed by atoms with Gasteiger partial charge in [-0.2, -0.15) is 0 Å². The van der Waals surface area contributed by atoms with Crippen molar-refractivity contribution in [2.45, 2.75) is 39.8 Å². The van der Waals surface area contributed by atoms with E-state index in [1.54, 1.807) is 0 Å². The lowest BCUT2D eigenvalue weighted by Gasteiger charge is -2.30. The smallest absolute Gasteiger partial charge is 0.0424 e. The third kappa shape index (κ3) is 4.88. The van der Waals surface area contributed by atoms with Crippen LogP contribution in [-0.4, -0.2) is 24.0 Å². The molecule has 2 heteroatoms. The highest BCUT2D eigenvalue weighted by Crippen LogP contribution is 2.14. The molecular formula is C15H26N2. The third-order valence-electron chi connectivity index (χ3n) is 2.99. The molecule has 0 fully saturated rings. The minimum absolute atomic E-state index is 0.109. The summed E-state index contributed by atoms with van der Waals surface area (Å²) < 4.78 is 0. The molecule has 2 nitrogen and oxygen atoms in total. The molecule has 0 aromatic heterocycles. The summed E-state index contributed by atoms with van der Waals surface area (Å²) in [6.07, 6.45) is 0. The maximum atomic E-state index is 6.27. The summed E-state index contributed by atoms with van der Waals surface area (Å²) in [5, 5.41) is 0. The van der Waals surface area contributed by atoms with Gasteiger partial charge in [0.25, 0.3) is 0 Å².